The first kappa shape index (κ1) is 12.9. The fraction of sp³-hybridized carbons (Fsp3) is 0.526. The van der Waals surface area contributed by atoms with E-state index < -0.39 is 0 Å². The van der Waals surface area contributed by atoms with Crippen LogP contribution in [0.25, 0.3) is 10.9 Å². The van der Waals surface area contributed by atoms with Gasteiger partial charge in [-0.15, -0.1) is 0 Å². The van der Waals surface area contributed by atoms with Crippen molar-refractivity contribution in [1.29, 1.82) is 0 Å². The summed E-state index contributed by atoms with van der Waals surface area (Å²) in [6.45, 7) is 3.47. The Kier molecular flexibility index (Phi) is 2.61. The van der Waals surface area contributed by atoms with Crippen LogP contribution in [0.2, 0.25) is 0 Å². The number of aromatic nitrogens is 1. The first-order valence-corrected chi connectivity index (χ1v) is 8.70. The minimum atomic E-state index is 0.315. The van der Waals surface area contributed by atoms with Crippen LogP contribution in [0.4, 0.5) is 0 Å². The third-order valence-electron chi connectivity index (χ3n) is 6.22. The molecule has 1 aromatic heterocycles. The molecular formula is C19H22N2O. The van der Waals surface area contributed by atoms with Gasteiger partial charge in [-0.25, -0.2) is 0 Å². The number of para-hydroxylation sites is 1. The fourth-order valence-corrected chi connectivity index (χ4v) is 5.31. The summed E-state index contributed by atoms with van der Waals surface area (Å²) >= 11 is 0. The third-order valence-corrected chi connectivity index (χ3v) is 6.22. The lowest BCUT2D eigenvalue weighted by Crippen LogP contribution is -2.52. The van der Waals surface area contributed by atoms with E-state index in [9.17, 15) is 4.79 Å². The van der Waals surface area contributed by atoms with Gasteiger partial charge < -0.3 is 0 Å². The van der Waals surface area contributed by atoms with Crippen LogP contribution < -0.4 is 0 Å². The van der Waals surface area contributed by atoms with Crippen LogP contribution in [0.5, 0.6) is 0 Å². The Balaban J connectivity index is 1.80. The molecule has 3 aliphatic rings. The van der Waals surface area contributed by atoms with E-state index in [1.54, 1.807) is 0 Å². The number of piperidine rings is 1. The molecule has 0 N–H and O–H groups in total. The second kappa shape index (κ2) is 4.45. The van der Waals surface area contributed by atoms with Gasteiger partial charge in [-0.3, -0.25) is 14.3 Å². The van der Waals surface area contributed by atoms with Gasteiger partial charge in [0.05, 0.1) is 11.6 Å². The number of fused-ring (bicyclic) bond motifs is 3. The third kappa shape index (κ3) is 1.48. The zero-order valence-electron chi connectivity index (χ0n) is 13.1. The van der Waals surface area contributed by atoms with Gasteiger partial charge in [0, 0.05) is 30.1 Å². The summed E-state index contributed by atoms with van der Waals surface area (Å²) in [5, 5.41) is 1.31. The zero-order chi connectivity index (χ0) is 14.8. The highest BCUT2D eigenvalue weighted by molar-refractivity contribution is 5.97. The lowest BCUT2D eigenvalue weighted by atomic mass is 9.76. The molecule has 4 heterocycles. The number of hydrogen-bond acceptors (Lipinski definition) is 2. The number of rotatable bonds is 1. The van der Waals surface area contributed by atoms with E-state index in [1.807, 2.05) is 0 Å². The van der Waals surface area contributed by atoms with Crippen LogP contribution in [0, 0.1) is 5.92 Å². The Hall–Kier alpha value is -1.61. The van der Waals surface area contributed by atoms with Crippen molar-refractivity contribution in [3.8, 4) is 0 Å². The molecule has 0 aliphatic carbocycles. The maximum Gasteiger partial charge on any atom is 0.231 e. The van der Waals surface area contributed by atoms with E-state index in [0.29, 0.717) is 23.9 Å². The molecule has 0 bridgehead atoms. The lowest BCUT2D eigenvalue weighted by molar-refractivity contribution is 0.0113. The molecule has 3 atom stereocenters. The molecule has 2 aromatic rings. The largest absolute Gasteiger partial charge is 0.291 e. The lowest BCUT2D eigenvalue weighted by Gasteiger charge is -2.50. The van der Waals surface area contributed by atoms with E-state index in [0.717, 1.165) is 24.9 Å². The predicted molar refractivity (Wildman–Crippen MR) is 87.1 cm³/mol. The second-order valence-corrected chi connectivity index (χ2v) is 7.15. The highest BCUT2D eigenvalue weighted by Crippen LogP contribution is 2.50. The van der Waals surface area contributed by atoms with Crippen LogP contribution in [-0.4, -0.2) is 28.0 Å². The van der Waals surface area contributed by atoms with Gasteiger partial charge in [-0.05, 0) is 43.2 Å². The highest BCUT2D eigenvalue weighted by Gasteiger charge is 2.47. The maximum atomic E-state index is 12.8. The summed E-state index contributed by atoms with van der Waals surface area (Å²) in [5.41, 5.74) is 3.93. The Morgan fingerprint density at radius 1 is 1.23 bits per heavy atom. The topological polar surface area (TPSA) is 25.2 Å². The monoisotopic (exact) mass is 294 g/mol. The number of hydrogen-bond donors (Lipinski definition) is 0. The Labute approximate surface area is 130 Å². The molecule has 0 unspecified atom stereocenters. The van der Waals surface area contributed by atoms with E-state index in [4.69, 9.17) is 0 Å². The first-order valence-electron chi connectivity index (χ1n) is 8.70. The van der Waals surface area contributed by atoms with Crippen LogP contribution in [0.1, 0.15) is 54.7 Å². The van der Waals surface area contributed by atoms with Gasteiger partial charge in [0.25, 0.3) is 0 Å². The molecular weight excluding hydrogens is 272 g/mol. The molecule has 114 valence electrons. The quantitative estimate of drug-likeness (QED) is 0.800. The van der Waals surface area contributed by atoms with Gasteiger partial charge in [0.15, 0.2) is 0 Å². The molecule has 0 amide bonds. The van der Waals surface area contributed by atoms with Crippen molar-refractivity contribution in [2.75, 3.05) is 6.54 Å². The average Bonchev–Trinajstić information content (AvgIpc) is 2.90. The van der Waals surface area contributed by atoms with Gasteiger partial charge >= 0.3 is 0 Å². The molecule has 1 fully saturated rings. The molecule has 3 nitrogen and oxygen atoms in total. The Morgan fingerprint density at radius 2 is 2.09 bits per heavy atom. The predicted octanol–water partition coefficient (Wildman–Crippen LogP) is 3.77. The molecule has 1 saturated heterocycles. The first-order chi connectivity index (χ1) is 10.8. The van der Waals surface area contributed by atoms with Crippen LogP contribution in [0.15, 0.2) is 24.3 Å². The molecule has 3 heteroatoms. The van der Waals surface area contributed by atoms with Crippen LogP contribution >= 0.6 is 0 Å². The van der Waals surface area contributed by atoms with Gasteiger partial charge in [0.1, 0.15) is 0 Å². The van der Waals surface area contributed by atoms with E-state index in [2.05, 4.69) is 40.7 Å². The summed E-state index contributed by atoms with van der Waals surface area (Å²) in [6.07, 6.45) is 5.53. The van der Waals surface area contributed by atoms with E-state index in [-0.39, 0.29) is 0 Å². The Bertz CT molecular complexity index is 775. The SMILES string of the molecule is CC[C@@H]1CC[C@@H]2CC(=O)n3c4c(c5ccccc53)CCN1[C@@H]42. The zero-order valence-corrected chi connectivity index (χ0v) is 13.1. The fourth-order valence-electron chi connectivity index (χ4n) is 5.31. The van der Waals surface area contributed by atoms with Crippen molar-refractivity contribution >= 4 is 16.8 Å². The highest BCUT2D eigenvalue weighted by atomic mass is 16.2. The van der Waals surface area contributed by atoms with Crippen LogP contribution in [-0.2, 0) is 6.42 Å². The molecule has 22 heavy (non-hydrogen) atoms. The molecule has 5 rings (SSSR count). The average molecular weight is 294 g/mol. The smallest absolute Gasteiger partial charge is 0.231 e. The normalized spacial score (nSPS) is 30.6. The van der Waals surface area contributed by atoms with Gasteiger partial charge in [-0.1, -0.05) is 25.1 Å². The number of benzene rings is 1. The standard InChI is InChI=1S/C19H22N2O/c1-2-13-8-7-12-11-17(22)21-16-6-4-3-5-14(16)15-9-10-20(13)18(12)19(15)21/h3-6,12-13,18H,2,7-11H2,1H3/t12-,13-,18-/m1/s1. The number of carbonyl (C=O) groups excluding carboxylic acids is 1. The molecule has 0 saturated carbocycles. The molecule has 1 aromatic carbocycles. The summed E-state index contributed by atoms with van der Waals surface area (Å²) in [5.74, 6) is 0.849. The van der Waals surface area contributed by atoms with Crippen molar-refractivity contribution < 1.29 is 4.79 Å². The Morgan fingerprint density at radius 3 is 2.95 bits per heavy atom. The van der Waals surface area contributed by atoms with Crippen molar-refractivity contribution in [2.24, 2.45) is 5.92 Å². The van der Waals surface area contributed by atoms with Crippen molar-refractivity contribution in [3.63, 3.8) is 0 Å². The minimum absolute atomic E-state index is 0.315. The molecule has 0 radical (unpaired) electrons. The summed E-state index contributed by atoms with van der Waals surface area (Å²) in [4.78, 5) is 15.5. The van der Waals surface area contributed by atoms with Crippen molar-refractivity contribution in [3.05, 3.63) is 35.5 Å². The van der Waals surface area contributed by atoms with Crippen LogP contribution in [0.3, 0.4) is 0 Å². The van der Waals surface area contributed by atoms with E-state index >= 15 is 0 Å². The minimum Gasteiger partial charge on any atom is -0.291 e. The summed E-state index contributed by atoms with van der Waals surface area (Å²) in [7, 11) is 0. The number of carbonyl (C=O) groups is 1. The molecule has 3 aliphatic heterocycles. The van der Waals surface area contributed by atoms with E-state index in [1.165, 1.54) is 35.9 Å². The summed E-state index contributed by atoms with van der Waals surface area (Å²) < 4.78 is 2.07. The summed E-state index contributed by atoms with van der Waals surface area (Å²) in [6, 6.07) is 9.67. The molecule has 0 spiro atoms. The van der Waals surface area contributed by atoms with Crippen molar-refractivity contribution in [2.45, 2.75) is 51.1 Å². The number of nitrogens with zero attached hydrogens (tertiary/aromatic N) is 2. The van der Waals surface area contributed by atoms with Gasteiger partial charge in [0.2, 0.25) is 5.91 Å². The van der Waals surface area contributed by atoms with Crippen molar-refractivity contribution in [1.82, 2.24) is 9.47 Å². The van der Waals surface area contributed by atoms with Gasteiger partial charge in [-0.2, -0.15) is 0 Å². The second-order valence-electron chi connectivity index (χ2n) is 7.15. The maximum absolute atomic E-state index is 12.8.